The van der Waals surface area contributed by atoms with Gasteiger partial charge in [0.1, 0.15) is 0 Å². The van der Waals surface area contributed by atoms with Crippen LogP contribution >= 0.6 is 11.3 Å². The summed E-state index contributed by atoms with van der Waals surface area (Å²) in [5.41, 5.74) is 11.3. The van der Waals surface area contributed by atoms with Gasteiger partial charge < -0.3 is 4.90 Å². The van der Waals surface area contributed by atoms with E-state index < -0.39 is 0 Å². The van der Waals surface area contributed by atoms with Crippen LogP contribution in [0.1, 0.15) is 25.0 Å². The average molecular weight is 644 g/mol. The molecule has 1 aliphatic carbocycles. The number of hydrogen-bond acceptors (Lipinski definition) is 2. The molecule has 0 N–H and O–H groups in total. The van der Waals surface area contributed by atoms with Crippen molar-refractivity contribution in [2.45, 2.75) is 19.3 Å². The van der Waals surface area contributed by atoms with Crippen LogP contribution in [0.3, 0.4) is 0 Å². The Hall–Kier alpha value is -5.70. The molecule has 0 radical (unpaired) electrons. The van der Waals surface area contributed by atoms with Gasteiger partial charge in [0, 0.05) is 42.6 Å². The van der Waals surface area contributed by atoms with Gasteiger partial charge in [-0.1, -0.05) is 123 Å². The number of rotatable bonds is 4. The Morgan fingerprint density at radius 2 is 1.08 bits per heavy atom. The fourth-order valence-corrected chi connectivity index (χ4v) is 9.28. The van der Waals surface area contributed by atoms with Gasteiger partial charge in [0.2, 0.25) is 0 Å². The Kier molecular flexibility index (Phi) is 6.16. The predicted octanol–water partition coefficient (Wildman–Crippen LogP) is 13.8. The Labute approximate surface area is 290 Å². The highest BCUT2D eigenvalue weighted by Gasteiger charge is 2.35. The van der Waals surface area contributed by atoms with Crippen molar-refractivity contribution in [3.8, 4) is 22.3 Å². The topological polar surface area (TPSA) is 3.24 Å². The second-order valence-corrected chi connectivity index (χ2v) is 14.9. The van der Waals surface area contributed by atoms with E-state index in [2.05, 4.69) is 183 Å². The molecule has 2 heteroatoms. The van der Waals surface area contributed by atoms with E-state index >= 15 is 0 Å². The highest BCUT2D eigenvalue weighted by molar-refractivity contribution is 7.25. The van der Waals surface area contributed by atoms with Crippen LogP contribution in [0.25, 0.3) is 64.0 Å². The van der Waals surface area contributed by atoms with Crippen molar-refractivity contribution < 1.29 is 0 Å². The minimum atomic E-state index is -0.0814. The monoisotopic (exact) mass is 643 g/mol. The summed E-state index contributed by atoms with van der Waals surface area (Å²) in [6.07, 6.45) is 0. The largest absolute Gasteiger partial charge is 0.310 e. The van der Waals surface area contributed by atoms with Gasteiger partial charge in [-0.15, -0.1) is 11.3 Å². The van der Waals surface area contributed by atoms with Crippen LogP contribution in [0, 0.1) is 0 Å². The van der Waals surface area contributed by atoms with Gasteiger partial charge in [0.05, 0.1) is 0 Å². The third-order valence-corrected chi connectivity index (χ3v) is 11.8. The number of fused-ring (bicyclic) bond motifs is 8. The van der Waals surface area contributed by atoms with Gasteiger partial charge in [-0.2, -0.15) is 0 Å². The molecule has 0 aliphatic heterocycles. The molecular formula is C47H33NS. The third kappa shape index (κ3) is 4.38. The van der Waals surface area contributed by atoms with Gasteiger partial charge in [0.15, 0.2) is 0 Å². The molecule has 1 aliphatic rings. The third-order valence-electron chi connectivity index (χ3n) is 10.6. The molecule has 0 amide bonds. The molecule has 10 rings (SSSR count). The molecule has 49 heavy (non-hydrogen) atoms. The second-order valence-electron chi connectivity index (χ2n) is 13.8. The molecule has 9 aromatic rings. The van der Waals surface area contributed by atoms with Gasteiger partial charge in [-0.3, -0.25) is 0 Å². The van der Waals surface area contributed by atoms with Crippen LogP contribution in [0.5, 0.6) is 0 Å². The first-order valence-electron chi connectivity index (χ1n) is 17.0. The lowest BCUT2D eigenvalue weighted by molar-refractivity contribution is 0.660. The highest BCUT2D eigenvalue weighted by atomic mass is 32.1. The molecule has 0 bridgehead atoms. The number of thiophene rings is 1. The Morgan fingerprint density at radius 1 is 0.408 bits per heavy atom. The molecule has 0 saturated carbocycles. The maximum absolute atomic E-state index is 2.43. The zero-order chi connectivity index (χ0) is 32.7. The van der Waals surface area contributed by atoms with Crippen LogP contribution < -0.4 is 4.90 Å². The summed E-state index contributed by atoms with van der Waals surface area (Å²) in [6.45, 7) is 4.72. The van der Waals surface area contributed by atoms with E-state index in [0.29, 0.717) is 0 Å². The lowest BCUT2D eigenvalue weighted by Gasteiger charge is -2.28. The molecule has 0 atom stereocenters. The summed E-state index contributed by atoms with van der Waals surface area (Å²) in [5, 5.41) is 7.72. The van der Waals surface area contributed by atoms with Crippen molar-refractivity contribution in [1.82, 2.24) is 0 Å². The van der Waals surface area contributed by atoms with E-state index in [1.165, 1.54) is 80.8 Å². The van der Waals surface area contributed by atoms with E-state index in [1.807, 2.05) is 11.3 Å². The van der Waals surface area contributed by atoms with Crippen LogP contribution in [-0.4, -0.2) is 0 Å². The van der Waals surface area contributed by atoms with Gasteiger partial charge in [-0.25, -0.2) is 0 Å². The normalized spacial score (nSPS) is 13.3. The van der Waals surface area contributed by atoms with Gasteiger partial charge in [-0.05, 0) is 110 Å². The second kappa shape index (κ2) is 10.7. The fraction of sp³-hybridized carbons (Fsp3) is 0.0638. The molecule has 0 saturated heterocycles. The maximum atomic E-state index is 2.43. The Morgan fingerprint density at radius 3 is 1.98 bits per heavy atom. The molecule has 1 nitrogen and oxygen atoms in total. The SMILES string of the molecule is CC1(C)c2ccccc2-c2ccc(N(c3ccc(-c4cccc5ccccc45)cc3)c3ccc4cc5c(cc4c3)sc3ccccc35)cc21. The number of hydrogen-bond donors (Lipinski definition) is 0. The Balaban J connectivity index is 1.14. The summed E-state index contributed by atoms with van der Waals surface area (Å²) in [7, 11) is 0. The van der Waals surface area contributed by atoms with E-state index in [-0.39, 0.29) is 5.41 Å². The van der Waals surface area contributed by atoms with Crippen LogP contribution in [-0.2, 0) is 5.41 Å². The zero-order valence-electron chi connectivity index (χ0n) is 27.4. The molecule has 8 aromatic carbocycles. The molecule has 1 heterocycles. The smallest absolute Gasteiger partial charge is 0.0468 e. The molecule has 1 aromatic heterocycles. The minimum Gasteiger partial charge on any atom is -0.310 e. The summed E-state index contributed by atoms with van der Waals surface area (Å²) in [5.74, 6) is 0. The number of nitrogens with zero attached hydrogens (tertiary/aromatic N) is 1. The van der Waals surface area contributed by atoms with Crippen molar-refractivity contribution in [2.75, 3.05) is 4.90 Å². The average Bonchev–Trinajstić information content (AvgIpc) is 3.62. The highest BCUT2D eigenvalue weighted by Crippen LogP contribution is 2.51. The molecular weight excluding hydrogens is 611 g/mol. The fourth-order valence-electron chi connectivity index (χ4n) is 8.14. The first-order chi connectivity index (χ1) is 24.0. The van der Waals surface area contributed by atoms with Gasteiger partial charge >= 0.3 is 0 Å². The van der Waals surface area contributed by atoms with Crippen molar-refractivity contribution in [2.24, 2.45) is 0 Å². The van der Waals surface area contributed by atoms with Crippen molar-refractivity contribution in [3.63, 3.8) is 0 Å². The summed E-state index contributed by atoms with van der Waals surface area (Å²) in [6, 6.07) is 60.7. The first-order valence-corrected chi connectivity index (χ1v) is 17.8. The standard InChI is InChI=1S/C47H33NS/c1-47(2)43-16-7-5-13-39(43)40-25-24-36(29-44(40)47)48(34-21-18-31(19-22-34)38-15-9-11-30-10-3-4-12-37(30)38)35-23-20-32-27-42-41-14-6-8-17-45(41)49-46(42)28-33(32)26-35/h3-29H,1-2H3. The lowest BCUT2D eigenvalue weighted by atomic mass is 9.82. The molecule has 0 spiro atoms. The molecule has 232 valence electrons. The summed E-state index contributed by atoms with van der Waals surface area (Å²) >= 11 is 1.88. The van der Waals surface area contributed by atoms with E-state index in [1.54, 1.807) is 0 Å². The quantitative estimate of drug-likeness (QED) is 0.184. The minimum absolute atomic E-state index is 0.0814. The summed E-state index contributed by atoms with van der Waals surface area (Å²) in [4.78, 5) is 2.43. The summed E-state index contributed by atoms with van der Waals surface area (Å²) < 4.78 is 2.66. The van der Waals surface area contributed by atoms with E-state index in [0.717, 1.165) is 11.4 Å². The van der Waals surface area contributed by atoms with Crippen molar-refractivity contribution >= 4 is 70.1 Å². The maximum Gasteiger partial charge on any atom is 0.0468 e. The zero-order valence-corrected chi connectivity index (χ0v) is 28.3. The lowest BCUT2D eigenvalue weighted by Crippen LogP contribution is -2.16. The van der Waals surface area contributed by atoms with Crippen LogP contribution in [0.4, 0.5) is 17.1 Å². The van der Waals surface area contributed by atoms with E-state index in [4.69, 9.17) is 0 Å². The molecule has 0 fully saturated rings. The Bertz CT molecular complexity index is 2740. The predicted molar refractivity (Wildman–Crippen MR) is 212 cm³/mol. The van der Waals surface area contributed by atoms with Crippen molar-refractivity contribution in [1.29, 1.82) is 0 Å². The first kappa shape index (κ1) is 28.3. The number of benzene rings is 8. The van der Waals surface area contributed by atoms with E-state index in [9.17, 15) is 0 Å². The van der Waals surface area contributed by atoms with Gasteiger partial charge in [0.25, 0.3) is 0 Å². The molecule has 0 unspecified atom stereocenters. The number of anilines is 3. The van der Waals surface area contributed by atoms with Crippen molar-refractivity contribution in [3.05, 3.63) is 175 Å². The van der Waals surface area contributed by atoms with Crippen LogP contribution in [0.15, 0.2) is 164 Å². The van der Waals surface area contributed by atoms with Crippen LogP contribution in [0.2, 0.25) is 0 Å².